The minimum absolute atomic E-state index is 0.00958. The van der Waals surface area contributed by atoms with Crippen molar-refractivity contribution in [3.8, 4) is 5.75 Å². The summed E-state index contributed by atoms with van der Waals surface area (Å²) in [5.41, 5.74) is 2.29. The van der Waals surface area contributed by atoms with Gasteiger partial charge in [0.05, 0.1) is 0 Å². The highest BCUT2D eigenvalue weighted by atomic mass is 16.5. The molecular weight excluding hydrogens is 250 g/mol. The van der Waals surface area contributed by atoms with Crippen molar-refractivity contribution in [2.45, 2.75) is 52.5 Å². The van der Waals surface area contributed by atoms with E-state index in [2.05, 4.69) is 12.2 Å². The Kier molecular flexibility index (Phi) is 5.05. The molecular formula is C17H25NO2. The van der Waals surface area contributed by atoms with Crippen LogP contribution >= 0.6 is 0 Å². The number of amides is 1. The van der Waals surface area contributed by atoms with Crippen LogP contribution in [0.2, 0.25) is 0 Å². The number of benzene rings is 1. The summed E-state index contributed by atoms with van der Waals surface area (Å²) in [5, 5.41) is 3.11. The van der Waals surface area contributed by atoms with Crippen LogP contribution in [0, 0.1) is 19.8 Å². The predicted octanol–water partition coefficient (Wildman–Crippen LogP) is 3.38. The molecule has 1 N–H and O–H groups in total. The topological polar surface area (TPSA) is 38.3 Å². The quantitative estimate of drug-likeness (QED) is 0.915. The van der Waals surface area contributed by atoms with Gasteiger partial charge in [-0.15, -0.1) is 0 Å². The van der Waals surface area contributed by atoms with Crippen LogP contribution < -0.4 is 10.1 Å². The molecule has 2 rings (SSSR count). The van der Waals surface area contributed by atoms with Crippen molar-refractivity contribution < 1.29 is 9.53 Å². The number of aryl methyl sites for hydroxylation is 1. The lowest BCUT2D eigenvalue weighted by Crippen LogP contribution is -2.43. The van der Waals surface area contributed by atoms with E-state index in [1.165, 1.54) is 24.8 Å². The highest BCUT2D eigenvalue weighted by Crippen LogP contribution is 2.24. The molecule has 0 heterocycles. The molecule has 0 bridgehead atoms. The van der Waals surface area contributed by atoms with Crippen LogP contribution in [0.15, 0.2) is 18.2 Å². The molecule has 0 saturated heterocycles. The molecule has 1 aliphatic carbocycles. The number of nitrogens with one attached hydrogen (secondary N) is 1. The number of carbonyl (C=O) groups excluding carboxylic acids is 1. The monoisotopic (exact) mass is 275 g/mol. The van der Waals surface area contributed by atoms with Crippen molar-refractivity contribution in [2.75, 3.05) is 6.61 Å². The lowest BCUT2D eigenvalue weighted by atomic mass is 9.86. The van der Waals surface area contributed by atoms with E-state index in [1.807, 2.05) is 32.0 Å². The zero-order valence-corrected chi connectivity index (χ0v) is 12.7. The van der Waals surface area contributed by atoms with E-state index in [9.17, 15) is 4.79 Å². The maximum atomic E-state index is 12.0. The Morgan fingerprint density at radius 1 is 1.30 bits per heavy atom. The Morgan fingerprint density at radius 3 is 2.80 bits per heavy atom. The first-order valence-corrected chi connectivity index (χ1v) is 7.56. The minimum atomic E-state index is -0.00958. The second-order valence-electron chi connectivity index (χ2n) is 5.92. The van der Waals surface area contributed by atoms with Gasteiger partial charge in [0, 0.05) is 6.04 Å². The first-order valence-electron chi connectivity index (χ1n) is 7.56. The number of carbonyl (C=O) groups is 1. The van der Waals surface area contributed by atoms with Gasteiger partial charge in [-0.05, 0) is 49.8 Å². The van der Waals surface area contributed by atoms with Gasteiger partial charge in [0.25, 0.3) is 5.91 Å². The highest BCUT2D eigenvalue weighted by molar-refractivity contribution is 5.77. The predicted molar refractivity (Wildman–Crippen MR) is 81.0 cm³/mol. The van der Waals surface area contributed by atoms with Crippen molar-refractivity contribution in [3.63, 3.8) is 0 Å². The Labute approximate surface area is 121 Å². The van der Waals surface area contributed by atoms with Crippen LogP contribution in [0.3, 0.4) is 0 Å². The summed E-state index contributed by atoms with van der Waals surface area (Å²) in [6.07, 6.45) is 4.80. The molecule has 2 atom stereocenters. The Balaban J connectivity index is 1.84. The van der Waals surface area contributed by atoms with Crippen molar-refractivity contribution in [1.82, 2.24) is 5.32 Å². The summed E-state index contributed by atoms with van der Waals surface area (Å²) < 4.78 is 5.64. The van der Waals surface area contributed by atoms with Crippen LogP contribution in [0.4, 0.5) is 0 Å². The molecule has 1 saturated carbocycles. The first kappa shape index (κ1) is 14.9. The van der Waals surface area contributed by atoms with Crippen LogP contribution in [0.1, 0.15) is 43.7 Å². The summed E-state index contributed by atoms with van der Waals surface area (Å²) in [7, 11) is 0. The third-order valence-electron chi connectivity index (χ3n) is 4.37. The van der Waals surface area contributed by atoms with E-state index in [0.29, 0.717) is 12.0 Å². The normalized spacial score (nSPS) is 22.4. The highest BCUT2D eigenvalue weighted by Gasteiger charge is 2.22. The third-order valence-corrected chi connectivity index (χ3v) is 4.37. The van der Waals surface area contributed by atoms with Crippen LogP contribution in [-0.4, -0.2) is 18.6 Å². The molecule has 0 aromatic heterocycles. The average Bonchev–Trinajstić information content (AvgIpc) is 2.43. The Morgan fingerprint density at radius 2 is 2.05 bits per heavy atom. The fourth-order valence-corrected chi connectivity index (χ4v) is 2.80. The van der Waals surface area contributed by atoms with Gasteiger partial charge in [0.1, 0.15) is 5.75 Å². The molecule has 1 aliphatic rings. The van der Waals surface area contributed by atoms with Gasteiger partial charge >= 0.3 is 0 Å². The molecule has 0 unspecified atom stereocenters. The van der Waals surface area contributed by atoms with Gasteiger partial charge in [-0.1, -0.05) is 31.9 Å². The second kappa shape index (κ2) is 6.78. The molecule has 110 valence electrons. The van der Waals surface area contributed by atoms with Crippen molar-refractivity contribution in [3.05, 3.63) is 29.3 Å². The van der Waals surface area contributed by atoms with Crippen LogP contribution in [0.25, 0.3) is 0 Å². The van der Waals surface area contributed by atoms with E-state index in [4.69, 9.17) is 4.74 Å². The summed E-state index contributed by atoms with van der Waals surface area (Å²) in [4.78, 5) is 12.0. The molecule has 3 nitrogen and oxygen atoms in total. The molecule has 0 aliphatic heterocycles. The third kappa shape index (κ3) is 3.75. The largest absolute Gasteiger partial charge is 0.483 e. The lowest BCUT2D eigenvalue weighted by Gasteiger charge is -2.29. The molecule has 1 aromatic carbocycles. The summed E-state index contributed by atoms with van der Waals surface area (Å²) in [5.74, 6) is 1.37. The lowest BCUT2D eigenvalue weighted by molar-refractivity contribution is -0.124. The molecule has 1 aromatic rings. The summed E-state index contributed by atoms with van der Waals surface area (Å²) in [6, 6.07) is 6.24. The molecule has 3 heteroatoms. The maximum Gasteiger partial charge on any atom is 0.258 e. The fourth-order valence-electron chi connectivity index (χ4n) is 2.80. The van der Waals surface area contributed by atoms with E-state index in [0.717, 1.165) is 17.7 Å². The van der Waals surface area contributed by atoms with E-state index >= 15 is 0 Å². The summed E-state index contributed by atoms with van der Waals surface area (Å²) >= 11 is 0. The number of ether oxygens (including phenoxy) is 1. The first-order chi connectivity index (χ1) is 9.58. The average molecular weight is 275 g/mol. The molecule has 1 fully saturated rings. The van der Waals surface area contributed by atoms with E-state index in [1.54, 1.807) is 0 Å². The van der Waals surface area contributed by atoms with Crippen molar-refractivity contribution in [1.29, 1.82) is 0 Å². The zero-order valence-electron chi connectivity index (χ0n) is 12.7. The zero-order chi connectivity index (χ0) is 14.5. The second-order valence-corrected chi connectivity index (χ2v) is 5.92. The van der Waals surface area contributed by atoms with Gasteiger partial charge in [-0.2, -0.15) is 0 Å². The molecule has 0 radical (unpaired) electrons. The van der Waals surface area contributed by atoms with Gasteiger partial charge in [-0.3, -0.25) is 4.79 Å². The van der Waals surface area contributed by atoms with Crippen molar-refractivity contribution in [2.24, 2.45) is 5.92 Å². The maximum absolute atomic E-state index is 12.0. The molecule has 0 spiro atoms. The number of hydrogen-bond donors (Lipinski definition) is 1. The molecule has 20 heavy (non-hydrogen) atoms. The van der Waals surface area contributed by atoms with Gasteiger partial charge < -0.3 is 10.1 Å². The van der Waals surface area contributed by atoms with Gasteiger partial charge in [0.2, 0.25) is 0 Å². The smallest absolute Gasteiger partial charge is 0.258 e. The SMILES string of the molecule is Cc1cccc(OCC(=O)N[C@H]2CCCC[C@@H]2C)c1C. The van der Waals surface area contributed by atoms with E-state index < -0.39 is 0 Å². The fraction of sp³-hybridized carbons (Fsp3) is 0.588. The van der Waals surface area contributed by atoms with Crippen molar-refractivity contribution >= 4 is 5.91 Å². The Bertz CT molecular complexity index is 470. The summed E-state index contributed by atoms with van der Waals surface area (Å²) in [6.45, 7) is 6.39. The molecule has 1 amide bonds. The van der Waals surface area contributed by atoms with Crippen LogP contribution in [0.5, 0.6) is 5.75 Å². The Hall–Kier alpha value is -1.51. The minimum Gasteiger partial charge on any atom is -0.483 e. The van der Waals surface area contributed by atoms with Crippen LogP contribution in [-0.2, 0) is 4.79 Å². The number of hydrogen-bond acceptors (Lipinski definition) is 2. The number of rotatable bonds is 4. The standard InChI is InChI=1S/C17H25NO2/c1-12-8-6-10-16(14(12)3)20-11-17(19)18-15-9-5-4-7-13(15)2/h6,8,10,13,15H,4-5,7,9,11H2,1-3H3,(H,18,19)/t13-,15-/m0/s1. The van der Waals surface area contributed by atoms with Gasteiger partial charge in [-0.25, -0.2) is 0 Å². The van der Waals surface area contributed by atoms with Gasteiger partial charge in [0.15, 0.2) is 6.61 Å². The van der Waals surface area contributed by atoms with E-state index in [-0.39, 0.29) is 12.5 Å².